The van der Waals surface area contributed by atoms with Gasteiger partial charge in [0.05, 0.1) is 7.11 Å². The van der Waals surface area contributed by atoms with Crippen molar-refractivity contribution in [3.63, 3.8) is 0 Å². The van der Waals surface area contributed by atoms with Gasteiger partial charge in [0.2, 0.25) is 5.91 Å². The van der Waals surface area contributed by atoms with Gasteiger partial charge in [-0.2, -0.15) is 0 Å². The molecular formula is C21H25FN2O4. The average Bonchev–Trinajstić information content (AvgIpc) is 2.71. The zero-order valence-electron chi connectivity index (χ0n) is 16.3. The topological polar surface area (TPSA) is 67.9 Å². The van der Waals surface area contributed by atoms with Gasteiger partial charge >= 0.3 is 0 Å². The monoisotopic (exact) mass is 388 g/mol. The number of carbonyl (C=O) groups excluding carboxylic acids is 2. The van der Waals surface area contributed by atoms with Crippen LogP contribution in [0.1, 0.15) is 19.4 Å². The van der Waals surface area contributed by atoms with Crippen molar-refractivity contribution in [2.75, 3.05) is 20.3 Å². The molecule has 0 radical (unpaired) electrons. The van der Waals surface area contributed by atoms with Gasteiger partial charge in [-0.25, -0.2) is 4.39 Å². The Balaban J connectivity index is 2.14. The first-order valence-corrected chi connectivity index (χ1v) is 9.03. The van der Waals surface area contributed by atoms with E-state index < -0.39 is 17.8 Å². The fourth-order valence-electron chi connectivity index (χ4n) is 2.62. The molecule has 0 aliphatic rings. The van der Waals surface area contributed by atoms with E-state index >= 15 is 0 Å². The van der Waals surface area contributed by atoms with Crippen LogP contribution >= 0.6 is 0 Å². The number of nitrogens with one attached hydrogen (secondary N) is 1. The van der Waals surface area contributed by atoms with E-state index in [0.29, 0.717) is 12.3 Å². The van der Waals surface area contributed by atoms with Gasteiger partial charge in [-0.05, 0) is 43.7 Å². The fraction of sp³-hybridized carbons (Fsp3) is 0.333. The highest BCUT2D eigenvalue weighted by Gasteiger charge is 2.26. The minimum atomic E-state index is -0.709. The minimum Gasteiger partial charge on any atom is -0.497 e. The van der Waals surface area contributed by atoms with Gasteiger partial charge in [-0.1, -0.05) is 24.3 Å². The normalized spacial score (nSPS) is 11.4. The predicted octanol–water partition coefficient (Wildman–Crippen LogP) is 2.77. The Morgan fingerprint density at radius 1 is 1.14 bits per heavy atom. The minimum absolute atomic E-state index is 0.00842. The van der Waals surface area contributed by atoms with Crippen LogP contribution in [-0.2, 0) is 16.1 Å². The number of halogens is 1. The second kappa shape index (κ2) is 10.3. The number of rotatable bonds is 9. The Morgan fingerprint density at radius 3 is 2.43 bits per heavy atom. The Labute approximate surface area is 164 Å². The van der Waals surface area contributed by atoms with E-state index in [4.69, 9.17) is 9.47 Å². The third kappa shape index (κ3) is 5.70. The van der Waals surface area contributed by atoms with E-state index in [1.165, 1.54) is 23.1 Å². The Kier molecular flexibility index (Phi) is 7.80. The van der Waals surface area contributed by atoms with Crippen LogP contribution in [-0.4, -0.2) is 43.0 Å². The molecule has 1 atom stereocenters. The zero-order chi connectivity index (χ0) is 20.5. The van der Waals surface area contributed by atoms with E-state index in [1.54, 1.807) is 32.2 Å². The molecule has 0 fully saturated rings. The number of hydrogen-bond acceptors (Lipinski definition) is 4. The van der Waals surface area contributed by atoms with Crippen LogP contribution in [0.3, 0.4) is 0 Å². The molecule has 2 amide bonds. The van der Waals surface area contributed by atoms with Crippen molar-refractivity contribution in [1.82, 2.24) is 10.2 Å². The first-order valence-electron chi connectivity index (χ1n) is 9.03. The highest BCUT2D eigenvalue weighted by Crippen LogP contribution is 2.17. The van der Waals surface area contributed by atoms with Crippen LogP contribution in [0.5, 0.6) is 11.5 Å². The van der Waals surface area contributed by atoms with Gasteiger partial charge in [0.15, 0.2) is 18.2 Å². The van der Waals surface area contributed by atoms with Crippen molar-refractivity contribution >= 4 is 11.8 Å². The molecule has 0 heterocycles. The fourth-order valence-corrected chi connectivity index (χ4v) is 2.62. The molecule has 6 nitrogen and oxygen atoms in total. The lowest BCUT2D eigenvalue weighted by Crippen LogP contribution is -2.49. The van der Waals surface area contributed by atoms with E-state index in [9.17, 15) is 14.0 Å². The van der Waals surface area contributed by atoms with Gasteiger partial charge in [-0.3, -0.25) is 9.59 Å². The predicted molar refractivity (Wildman–Crippen MR) is 104 cm³/mol. The van der Waals surface area contributed by atoms with Crippen LogP contribution < -0.4 is 14.8 Å². The number of carbonyl (C=O) groups is 2. The second-order valence-corrected chi connectivity index (χ2v) is 6.16. The summed E-state index contributed by atoms with van der Waals surface area (Å²) in [5.74, 6) is -0.547. The molecular weight excluding hydrogens is 363 g/mol. The molecule has 1 N–H and O–H groups in total. The molecule has 150 valence electrons. The Bertz CT molecular complexity index is 795. The maximum Gasteiger partial charge on any atom is 0.261 e. The van der Waals surface area contributed by atoms with Crippen molar-refractivity contribution in [3.05, 3.63) is 59.9 Å². The van der Waals surface area contributed by atoms with Gasteiger partial charge < -0.3 is 19.7 Å². The SMILES string of the molecule is CCNC(=O)C(C)N(Cc1ccc(OC)cc1)C(=O)COc1ccccc1F. The van der Waals surface area contributed by atoms with E-state index in [0.717, 1.165) is 5.56 Å². The van der Waals surface area contributed by atoms with Crippen molar-refractivity contribution < 1.29 is 23.5 Å². The Morgan fingerprint density at radius 2 is 1.82 bits per heavy atom. The molecule has 7 heteroatoms. The standard InChI is InChI=1S/C21H25FN2O4/c1-4-23-21(26)15(2)24(13-16-9-11-17(27-3)12-10-16)20(25)14-28-19-8-6-5-7-18(19)22/h5-12,15H,4,13-14H2,1-3H3,(H,23,26). The van der Waals surface area contributed by atoms with E-state index in [-0.39, 0.29) is 24.8 Å². The number of benzene rings is 2. The van der Waals surface area contributed by atoms with Crippen molar-refractivity contribution in [1.29, 1.82) is 0 Å². The highest BCUT2D eigenvalue weighted by atomic mass is 19.1. The van der Waals surface area contributed by atoms with Gasteiger partial charge in [-0.15, -0.1) is 0 Å². The number of ether oxygens (including phenoxy) is 2. The zero-order valence-corrected chi connectivity index (χ0v) is 16.3. The number of para-hydroxylation sites is 1. The lowest BCUT2D eigenvalue weighted by molar-refractivity contribution is -0.142. The first-order chi connectivity index (χ1) is 13.5. The quantitative estimate of drug-likeness (QED) is 0.717. The lowest BCUT2D eigenvalue weighted by Gasteiger charge is -2.28. The molecule has 28 heavy (non-hydrogen) atoms. The number of likely N-dealkylation sites (N-methyl/N-ethyl adjacent to an activating group) is 1. The summed E-state index contributed by atoms with van der Waals surface area (Å²) < 4.78 is 24.2. The molecule has 0 aromatic heterocycles. The molecule has 2 rings (SSSR count). The van der Waals surface area contributed by atoms with Gasteiger partial charge in [0.25, 0.3) is 5.91 Å². The van der Waals surface area contributed by atoms with Crippen LogP contribution in [0.4, 0.5) is 4.39 Å². The van der Waals surface area contributed by atoms with E-state index in [1.807, 2.05) is 19.1 Å². The summed E-state index contributed by atoms with van der Waals surface area (Å²) in [6.45, 7) is 3.75. The van der Waals surface area contributed by atoms with Gasteiger partial charge in [0.1, 0.15) is 11.8 Å². The second-order valence-electron chi connectivity index (χ2n) is 6.16. The summed E-state index contributed by atoms with van der Waals surface area (Å²) in [6.07, 6.45) is 0. The smallest absolute Gasteiger partial charge is 0.261 e. The maximum atomic E-state index is 13.7. The largest absolute Gasteiger partial charge is 0.497 e. The average molecular weight is 388 g/mol. The summed E-state index contributed by atoms with van der Waals surface area (Å²) >= 11 is 0. The molecule has 0 bridgehead atoms. The van der Waals surface area contributed by atoms with Crippen molar-refractivity contribution in [3.8, 4) is 11.5 Å². The third-order valence-corrected chi connectivity index (χ3v) is 4.22. The molecule has 0 aliphatic carbocycles. The lowest BCUT2D eigenvalue weighted by atomic mass is 10.1. The van der Waals surface area contributed by atoms with Crippen LogP contribution in [0.15, 0.2) is 48.5 Å². The summed E-state index contributed by atoms with van der Waals surface area (Å²) in [6, 6.07) is 12.4. The summed E-state index contributed by atoms with van der Waals surface area (Å²) in [4.78, 5) is 26.5. The molecule has 0 aliphatic heterocycles. The van der Waals surface area contributed by atoms with Crippen molar-refractivity contribution in [2.24, 2.45) is 0 Å². The van der Waals surface area contributed by atoms with Gasteiger partial charge in [0, 0.05) is 13.1 Å². The number of nitrogens with zero attached hydrogens (tertiary/aromatic N) is 1. The molecule has 2 aromatic carbocycles. The maximum absolute atomic E-state index is 13.7. The van der Waals surface area contributed by atoms with Crippen LogP contribution in [0, 0.1) is 5.82 Å². The number of methoxy groups -OCH3 is 1. The third-order valence-electron chi connectivity index (χ3n) is 4.22. The molecule has 0 saturated heterocycles. The van der Waals surface area contributed by atoms with Crippen molar-refractivity contribution in [2.45, 2.75) is 26.4 Å². The van der Waals surface area contributed by atoms with Crippen LogP contribution in [0.25, 0.3) is 0 Å². The molecule has 0 spiro atoms. The highest BCUT2D eigenvalue weighted by molar-refractivity contribution is 5.87. The molecule has 0 saturated carbocycles. The number of hydrogen-bond donors (Lipinski definition) is 1. The first kappa shape index (κ1) is 21.2. The molecule has 2 aromatic rings. The van der Waals surface area contributed by atoms with E-state index in [2.05, 4.69) is 5.32 Å². The Hall–Kier alpha value is -3.09. The summed E-state index contributed by atoms with van der Waals surface area (Å²) in [5.41, 5.74) is 0.830. The summed E-state index contributed by atoms with van der Waals surface area (Å²) in [7, 11) is 1.57. The van der Waals surface area contributed by atoms with Crippen LogP contribution in [0.2, 0.25) is 0 Å². The summed E-state index contributed by atoms with van der Waals surface area (Å²) in [5, 5.41) is 2.71. The molecule has 1 unspecified atom stereocenters. The number of amides is 2.